The van der Waals surface area contributed by atoms with Crippen LogP contribution in [0.4, 0.5) is 10.5 Å². The van der Waals surface area contributed by atoms with Crippen LogP contribution in [0, 0.1) is 5.92 Å². The SMILES string of the molecule is O=C(Nc1cccc(-c2cccs2)c1)N1CCC(CO)CC1. The number of hydrogen-bond acceptors (Lipinski definition) is 3. The fourth-order valence-corrected chi connectivity index (χ4v) is 3.44. The number of nitrogens with zero attached hydrogens (tertiary/aromatic N) is 1. The molecule has 1 aliphatic heterocycles. The first-order valence-electron chi connectivity index (χ1n) is 7.57. The van der Waals surface area contributed by atoms with Crippen LogP contribution in [0.15, 0.2) is 41.8 Å². The Hall–Kier alpha value is -1.85. The van der Waals surface area contributed by atoms with Gasteiger partial charge in [0.1, 0.15) is 0 Å². The molecular formula is C17H20N2O2S. The van der Waals surface area contributed by atoms with Crippen molar-refractivity contribution in [3.8, 4) is 10.4 Å². The molecule has 116 valence electrons. The average molecular weight is 316 g/mol. The number of aliphatic hydroxyl groups excluding tert-OH is 1. The smallest absolute Gasteiger partial charge is 0.321 e. The van der Waals surface area contributed by atoms with E-state index in [-0.39, 0.29) is 12.6 Å². The van der Waals surface area contributed by atoms with Crippen LogP contribution in [0.3, 0.4) is 0 Å². The number of thiophene rings is 1. The highest BCUT2D eigenvalue weighted by molar-refractivity contribution is 7.13. The second-order valence-corrected chi connectivity index (χ2v) is 6.55. The minimum Gasteiger partial charge on any atom is -0.396 e. The van der Waals surface area contributed by atoms with Crippen LogP contribution in [0.25, 0.3) is 10.4 Å². The van der Waals surface area contributed by atoms with Crippen LogP contribution < -0.4 is 5.32 Å². The van der Waals surface area contributed by atoms with Gasteiger partial charge in [0, 0.05) is 30.3 Å². The van der Waals surface area contributed by atoms with E-state index in [0.717, 1.165) is 24.1 Å². The van der Waals surface area contributed by atoms with Gasteiger partial charge in [-0.05, 0) is 47.9 Å². The van der Waals surface area contributed by atoms with Crippen molar-refractivity contribution in [1.82, 2.24) is 4.90 Å². The van der Waals surface area contributed by atoms with E-state index in [1.54, 1.807) is 11.3 Å². The number of piperidine rings is 1. The number of amides is 2. The minimum atomic E-state index is -0.0558. The number of likely N-dealkylation sites (tertiary alicyclic amines) is 1. The van der Waals surface area contributed by atoms with Crippen LogP contribution in [-0.4, -0.2) is 35.7 Å². The van der Waals surface area contributed by atoms with E-state index in [0.29, 0.717) is 19.0 Å². The van der Waals surface area contributed by atoms with Crippen LogP contribution in [0.2, 0.25) is 0 Å². The Kier molecular flexibility index (Phi) is 4.75. The summed E-state index contributed by atoms with van der Waals surface area (Å²) >= 11 is 1.69. The lowest BCUT2D eigenvalue weighted by atomic mass is 9.98. The largest absolute Gasteiger partial charge is 0.396 e. The maximum atomic E-state index is 12.3. The summed E-state index contributed by atoms with van der Waals surface area (Å²) in [6.07, 6.45) is 1.75. The lowest BCUT2D eigenvalue weighted by Crippen LogP contribution is -2.41. The number of nitrogens with one attached hydrogen (secondary N) is 1. The minimum absolute atomic E-state index is 0.0558. The second kappa shape index (κ2) is 6.94. The topological polar surface area (TPSA) is 52.6 Å². The summed E-state index contributed by atoms with van der Waals surface area (Å²) in [6.45, 7) is 1.64. The predicted molar refractivity (Wildman–Crippen MR) is 90.2 cm³/mol. The number of anilines is 1. The molecule has 22 heavy (non-hydrogen) atoms. The number of urea groups is 1. The predicted octanol–water partition coefficient (Wildman–Crippen LogP) is 3.65. The third-order valence-corrected chi connectivity index (χ3v) is 5.00. The maximum Gasteiger partial charge on any atom is 0.321 e. The van der Waals surface area contributed by atoms with Crippen molar-refractivity contribution in [2.24, 2.45) is 5.92 Å². The van der Waals surface area contributed by atoms with Gasteiger partial charge in [-0.1, -0.05) is 18.2 Å². The summed E-state index contributed by atoms with van der Waals surface area (Å²) in [6, 6.07) is 12.0. The van der Waals surface area contributed by atoms with Crippen molar-refractivity contribution in [3.05, 3.63) is 41.8 Å². The summed E-state index contributed by atoms with van der Waals surface area (Å²) in [5.41, 5.74) is 1.94. The van der Waals surface area contributed by atoms with Crippen LogP contribution in [-0.2, 0) is 0 Å². The maximum absolute atomic E-state index is 12.3. The summed E-state index contributed by atoms with van der Waals surface area (Å²) < 4.78 is 0. The monoisotopic (exact) mass is 316 g/mol. The zero-order valence-corrected chi connectivity index (χ0v) is 13.2. The Morgan fingerprint density at radius 1 is 1.27 bits per heavy atom. The molecule has 2 heterocycles. The zero-order chi connectivity index (χ0) is 15.4. The third-order valence-electron chi connectivity index (χ3n) is 4.08. The number of carbonyl (C=O) groups is 1. The first-order valence-corrected chi connectivity index (χ1v) is 8.45. The Morgan fingerprint density at radius 2 is 2.09 bits per heavy atom. The van der Waals surface area contributed by atoms with Gasteiger partial charge in [0.25, 0.3) is 0 Å². The Morgan fingerprint density at radius 3 is 2.77 bits per heavy atom. The second-order valence-electron chi connectivity index (χ2n) is 5.60. The van der Waals surface area contributed by atoms with E-state index < -0.39 is 0 Å². The highest BCUT2D eigenvalue weighted by atomic mass is 32.1. The normalized spacial score (nSPS) is 15.8. The molecule has 0 spiro atoms. The summed E-state index contributed by atoms with van der Waals surface area (Å²) in [5.74, 6) is 0.339. The van der Waals surface area contributed by atoms with E-state index in [4.69, 9.17) is 5.11 Å². The van der Waals surface area contributed by atoms with E-state index in [2.05, 4.69) is 11.4 Å². The molecule has 1 aromatic carbocycles. The van der Waals surface area contributed by atoms with E-state index >= 15 is 0 Å². The van der Waals surface area contributed by atoms with Crippen LogP contribution >= 0.6 is 11.3 Å². The van der Waals surface area contributed by atoms with Gasteiger partial charge >= 0.3 is 6.03 Å². The van der Waals surface area contributed by atoms with Crippen molar-refractivity contribution in [1.29, 1.82) is 0 Å². The number of benzene rings is 1. The quantitative estimate of drug-likeness (QED) is 0.908. The molecule has 0 saturated carbocycles. The highest BCUT2D eigenvalue weighted by Crippen LogP contribution is 2.27. The number of carbonyl (C=O) groups excluding carboxylic acids is 1. The molecule has 0 radical (unpaired) electrons. The van der Waals surface area contributed by atoms with Crippen molar-refractivity contribution in [3.63, 3.8) is 0 Å². The van der Waals surface area contributed by atoms with Crippen LogP contribution in [0.5, 0.6) is 0 Å². The van der Waals surface area contributed by atoms with Crippen molar-refractivity contribution in [2.45, 2.75) is 12.8 Å². The van der Waals surface area contributed by atoms with Gasteiger partial charge in [0.15, 0.2) is 0 Å². The standard InChI is InChI=1S/C17H20N2O2S/c20-12-13-6-8-19(9-7-13)17(21)18-15-4-1-3-14(11-15)16-5-2-10-22-16/h1-5,10-11,13,20H,6-9,12H2,(H,18,21). The number of aliphatic hydroxyl groups is 1. The lowest BCUT2D eigenvalue weighted by molar-refractivity contribution is 0.143. The fraction of sp³-hybridized carbons (Fsp3) is 0.353. The zero-order valence-electron chi connectivity index (χ0n) is 12.4. The number of rotatable bonds is 3. The highest BCUT2D eigenvalue weighted by Gasteiger charge is 2.22. The van der Waals surface area contributed by atoms with Crippen LogP contribution in [0.1, 0.15) is 12.8 Å². The molecule has 1 aliphatic rings. The van der Waals surface area contributed by atoms with Gasteiger partial charge in [0.2, 0.25) is 0 Å². The van der Waals surface area contributed by atoms with Gasteiger partial charge in [-0.2, -0.15) is 0 Å². The summed E-state index contributed by atoms with van der Waals surface area (Å²) in [4.78, 5) is 15.3. The van der Waals surface area contributed by atoms with Gasteiger partial charge in [-0.3, -0.25) is 0 Å². The molecule has 3 rings (SSSR count). The number of hydrogen-bond donors (Lipinski definition) is 2. The summed E-state index contributed by atoms with van der Waals surface area (Å²) in [7, 11) is 0. The molecule has 0 aliphatic carbocycles. The molecule has 4 nitrogen and oxygen atoms in total. The van der Waals surface area contributed by atoms with E-state index in [9.17, 15) is 4.79 Å². The lowest BCUT2D eigenvalue weighted by Gasteiger charge is -2.31. The van der Waals surface area contributed by atoms with Gasteiger partial charge in [-0.15, -0.1) is 11.3 Å². The van der Waals surface area contributed by atoms with Crippen molar-refractivity contribution < 1.29 is 9.90 Å². The van der Waals surface area contributed by atoms with Gasteiger partial charge in [-0.25, -0.2) is 4.79 Å². The molecule has 0 bridgehead atoms. The molecule has 1 aromatic heterocycles. The summed E-state index contributed by atoms with van der Waals surface area (Å²) in [5, 5.41) is 14.2. The Bertz CT molecular complexity index is 619. The van der Waals surface area contributed by atoms with E-state index in [1.807, 2.05) is 40.6 Å². The van der Waals surface area contributed by atoms with Gasteiger partial charge < -0.3 is 15.3 Å². The first kappa shape index (κ1) is 15.1. The average Bonchev–Trinajstić information content (AvgIpc) is 3.10. The molecule has 0 unspecified atom stereocenters. The molecule has 2 aromatic rings. The molecule has 5 heteroatoms. The van der Waals surface area contributed by atoms with E-state index in [1.165, 1.54) is 4.88 Å². The Balaban J connectivity index is 1.63. The van der Waals surface area contributed by atoms with Crippen molar-refractivity contribution in [2.75, 3.05) is 25.0 Å². The Labute approximate surface area is 134 Å². The molecule has 2 amide bonds. The molecule has 0 atom stereocenters. The van der Waals surface area contributed by atoms with Gasteiger partial charge in [0.05, 0.1) is 0 Å². The third kappa shape index (κ3) is 3.48. The molecule has 1 saturated heterocycles. The first-order chi connectivity index (χ1) is 10.8. The fourth-order valence-electron chi connectivity index (χ4n) is 2.71. The molecular weight excluding hydrogens is 296 g/mol. The molecule has 1 fully saturated rings. The van der Waals surface area contributed by atoms with Crippen molar-refractivity contribution >= 4 is 23.1 Å². The molecule has 2 N–H and O–H groups in total.